The van der Waals surface area contributed by atoms with Gasteiger partial charge in [0, 0.05) is 15.3 Å². The zero-order chi connectivity index (χ0) is 12.3. The van der Waals surface area contributed by atoms with Crippen LogP contribution in [0, 0.1) is 3.57 Å². The van der Waals surface area contributed by atoms with Crippen molar-refractivity contribution in [1.82, 2.24) is 4.98 Å². The Kier molecular flexibility index (Phi) is 3.96. The SMILES string of the molecule is O=C(Nc1ccccn1)c1ccc(I)c(Cl)c1. The summed E-state index contributed by atoms with van der Waals surface area (Å²) in [5, 5.41) is 3.26. The van der Waals surface area contributed by atoms with E-state index in [1.165, 1.54) is 0 Å². The van der Waals surface area contributed by atoms with Crippen molar-refractivity contribution in [1.29, 1.82) is 0 Å². The lowest BCUT2D eigenvalue weighted by atomic mass is 10.2. The van der Waals surface area contributed by atoms with Crippen molar-refractivity contribution in [2.45, 2.75) is 0 Å². The van der Waals surface area contributed by atoms with Crippen LogP contribution in [0.5, 0.6) is 0 Å². The topological polar surface area (TPSA) is 42.0 Å². The van der Waals surface area contributed by atoms with Gasteiger partial charge in [-0.15, -0.1) is 0 Å². The van der Waals surface area contributed by atoms with Crippen molar-refractivity contribution in [2.24, 2.45) is 0 Å². The van der Waals surface area contributed by atoms with Gasteiger partial charge in [0.15, 0.2) is 0 Å². The fraction of sp³-hybridized carbons (Fsp3) is 0. The maximum absolute atomic E-state index is 11.9. The molecule has 0 aliphatic heterocycles. The number of nitrogens with zero attached hydrogens (tertiary/aromatic N) is 1. The van der Waals surface area contributed by atoms with Crippen molar-refractivity contribution in [2.75, 3.05) is 5.32 Å². The van der Waals surface area contributed by atoms with Gasteiger partial charge in [0.25, 0.3) is 5.91 Å². The molecule has 1 aromatic carbocycles. The normalized spacial score (nSPS) is 10.0. The fourth-order valence-electron chi connectivity index (χ4n) is 1.26. The van der Waals surface area contributed by atoms with Gasteiger partial charge in [-0.05, 0) is 52.9 Å². The van der Waals surface area contributed by atoms with Gasteiger partial charge in [-0.3, -0.25) is 4.79 Å². The molecule has 0 saturated heterocycles. The number of carbonyl (C=O) groups excluding carboxylic acids is 1. The molecule has 0 fully saturated rings. The molecule has 5 heteroatoms. The van der Waals surface area contributed by atoms with Crippen molar-refractivity contribution in [3.8, 4) is 0 Å². The average molecular weight is 359 g/mol. The molecule has 2 rings (SSSR count). The molecule has 3 nitrogen and oxygen atoms in total. The first-order valence-corrected chi connectivity index (χ1v) is 6.30. The highest BCUT2D eigenvalue weighted by Crippen LogP contribution is 2.20. The van der Waals surface area contributed by atoms with E-state index in [4.69, 9.17) is 11.6 Å². The summed E-state index contributed by atoms with van der Waals surface area (Å²) in [7, 11) is 0. The Morgan fingerprint density at radius 3 is 2.76 bits per heavy atom. The van der Waals surface area contributed by atoms with Gasteiger partial charge in [0.1, 0.15) is 5.82 Å². The Morgan fingerprint density at radius 1 is 1.29 bits per heavy atom. The van der Waals surface area contributed by atoms with Crippen LogP contribution in [0.2, 0.25) is 5.02 Å². The van der Waals surface area contributed by atoms with Crippen LogP contribution in [0.3, 0.4) is 0 Å². The van der Waals surface area contributed by atoms with E-state index in [-0.39, 0.29) is 5.91 Å². The smallest absolute Gasteiger partial charge is 0.256 e. The van der Waals surface area contributed by atoms with Crippen molar-refractivity contribution >= 4 is 45.9 Å². The van der Waals surface area contributed by atoms with Crippen LogP contribution >= 0.6 is 34.2 Å². The van der Waals surface area contributed by atoms with Crippen LogP contribution in [0.15, 0.2) is 42.6 Å². The van der Waals surface area contributed by atoms with Gasteiger partial charge in [0.2, 0.25) is 0 Å². The number of benzene rings is 1. The summed E-state index contributed by atoms with van der Waals surface area (Å²) in [6.07, 6.45) is 1.62. The van der Waals surface area contributed by atoms with Gasteiger partial charge in [-0.1, -0.05) is 17.7 Å². The van der Waals surface area contributed by atoms with E-state index >= 15 is 0 Å². The Morgan fingerprint density at radius 2 is 2.12 bits per heavy atom. The minimum absolute atomic E-state index is 0.220. The summed E-state index contributed by atoms with van der Waals surface area (Å²) >= 11 is 8.07. The summed E-state index contributed by atoms with van der Waals surface area (Å²) in [6.45, 7) is 0. The first-order valence-electron chi connectivity index (χ1n) is 4.84. The van der Waals surface area contributed by atoms with E-state index in [0.717, 1.165) is 3.57 Å². The third-order valence-electron chi connectivity index (χ3n) is 2.09. The van der Waals surface area contributed by atoms with Crippen LogP contribution in [0.25, 0.3) is 0 Å². The molecule has 0 spiro atoms. The quantitative estimate of drug-likeness (QED) is 0.834. The molecule has 86 valence electrons. The molecule has 0 bridgehead atoms. The zero-order valence-corrected chi connectivity index (χ0v) is 11.6. The Labute approximate surface area is 117 Å². The second kappa shape index (κ2) is 5.46. The van der Waals surface area contributed by atoms with E-state index in [9.17, 15) is 4.79 Å². The largest absolute Gasteiger partial charge is 0.307 e. The molecule has 0 aliphatic carbocycles. The Bertz CT molecular complexity index is 545. The van der Waals surface area contributed by atoms with Crippen LogP contribution in [-0.2, 0) is 0 Å². The monoisotopic (exact) mass is 358 g/mol. The number of aromatic nitrogens is 1. The highest BCUT2D eigenvalue weighted by molar-refractivity contribution is 14.1. The highest BCUT2D eigenvalue weighted by Gasteiger charge is 2.08. The predicted octanol–water partition coefficient (Wildman–Crippen LogP) is 3.59. The molecule has 1 amide bonds. The molecule has 0 saturated carbocycles. The summed E-state index contributed by atoms with van der Waals surface area (Å²) in [6, 6.07) is 10.5. The molecule has 1 heterocycles. The molecule has 2 aromatic rings. The number of pyridine rings is 1. The van der Waals surface area contributed by atoms with Crippen molar-refractivity contribution in [3.05, 3.63) is 56.8 Å². The number of anilines is 1. The summed E-state index contributed by atoms with van der Waals surface area (Å²) in [4.78, 5) is 15.9. The lowest BCUT2D eigenvalue weighted by Gasteiger charge is -2.05. The Hall–Kier alpha value is -1.14. The van der Waals surface area contributed by atoms with Gasteiger partial charge in [-0.2, -0.15) is 0 Å². The van der Waals surface area contributed by atoms with Crippen molar-refractivity contribution in [3.63, 3.8) is 0 Å². The number of halogens is 2. The number of hydrogen-bond acceptors (Lipinski definition) is 2. The van der Waals surface area contributed by atoms with E-state index in [0.29, 0.717) is 16.4 Å². The molecular formula is C12H8ClIN2O. The average Bonchev–Trinajstić information content (AvgIpc) is 2.34. The van der Waals surface area contributed by atoms with E-state index in [1.807, 2.05) is 6.07 Å². The van der Waals surface area contributed by atoms with Gasteiger partial charge >= 0.3 is 0 Å². The van der Waals surface area contributed by atoms with Crippen LogP contribution in [0.1, 0.15) is 10.4 Å². The molecule has 17 heavy (non-hydrogen) atoms. The predicted molar refractivity (Wildman–Crippen MR) is 76.4 cm³/mol. The Balaban J connectivity index is 2.18. The number of hydrogen-bond donors (Lipinski definition) is 1. The third kappa shape index (κ3) is 3.17. The van der Waals surface area contributed by atoms with E-state index in [2.05, 4.69) is 32.9 Å². The van der Waals surface area contributed by atoms with Gasteiger partial charge in [-0.25, -0.2) is 4.98 Å². The molecule has 0 aliphatic rings. The van der Waals surface area contributed by atoms with Crippen LogP contribution in [0.4, 0.5) is 5.82 Å². The van der Waals surface area contributed by atoms with Gasteiger partial charge in [0.05, 0.1) is 5.02 Å². The second-order valence-electron chi connectivity index (χ2n) is 3.30. The molecule has 0 radical (unpaired) electrons. The van der Waals surface area contributed by atoms with E-state index in [1.54, 1.807) is 36.5 Å². The first-order chi connectivity index (χ1) is 8.16. The lowest BCUT2D eigenvalue weighted by Crippen LogP contribution is -2.12. The standard InChI is InChI=1S/C12H8ClIN2O/c13-9-7-8(4-5-10(9)14)12(17)16-11-3-1-2-6-15-11/h1-7H,(H,15,16,17). The maximum Gasteiger partial charge on any atom is 0.256 e. The number of carbonyl (C=O) groups is 1. The summed E-state index contributed by atoms with van der Waals surface area (Å²) in [5.74, 6) is 0.300. The summed E-state index contributed by atoms with van der Waals surface area (Å²) in [5.41, 5.74) is 0.515. The first kappa shape index (κ1) is 12.3. The summed E-state index contributed by atoms with van der Waals surface area (Å²) < 4.78 is 0.915. The fourth-order valence-corrected chi connectivity index (χ4v) is 1.78. The van der Waals surface area contributed by atoms with Crippen LogP contribution < -0.4 is 5.32 Å². The minimum Gasteiger partial charge on any atom is -0.307 e. The van der Waals surface area contributed by atoms with Crippen LogP contribution in [-0.4, -0.2) is 10.9 Å². The van der Waals surface area contributed by atoms with E-state index < -0.39 is 0 Å². The number of nitrogens with one attached hydrogen (secondary N) is 1. The number of amides is 1. The zero-order valence-electron chi connectivity index (χ0n) is 8.65. The minimum atomic E-state index is -0.220. The molecule has 1 N–H and O–H groups in total. The number of rotatable bonds is 2. The molecular weight excluding hydrogens is 351 g/mol. The second-order valence-corrected chi connectivity index (χ2v) is 4.87. The third-order valence-corrected chi connectivity index (χ3v) is 3.66. The molecule has 1 aromatic heterocycles. The van der Waals surface area contributed by atoms with Gasteiger partial charge < -0.3 is 5.32 Å². The lowest BCUT2D eigenvalue weighted by molar-refractivity contribution is 0.102. The molecule has 0 atom stereocenters. The maximum atomic E-state index is 11.9. The van der Waals surface area contributed by atoms with Crippen molar-refractivity contribution < 1.29 is 4.79 Å². The molecule has 0 unspecified atom stereocenters. The highest BCUT2D eigenvalue weighted by atomic mass is 127.